The van der Waals surface area contributed by atoms with Crippen LogP contribution in [0.2, 0.25) is 0 Å². The summed E-state index contributed by atoms with van der Waals surface area (Å²) >= 11 is 0. The van der Waals surface area contributed by atoms with Crippen LogP contribution in [0.3, 0.4) is 0 Å². The van der Waals surface area contributed by atoms with E-state index in [9.17, 15) is 9.59 Å². The van der Waals surface area contributed by atoms with Crippen molar-refractivity contribution in [2.75, 3.05) is 0 Å². The third kappa shape index (κ3) is 2.76. The number of hydrogen-bond donors (Lipinski definition) is 1. The van der Waals surface area contributed by atoms with Crippen LogP contribution in [-0.4, -0.2) is 21.8 Å². The molecular weight excluding hydrogens is 270 g/mol. The summed E-state index contributed by atoms with van der Waals surface area (Å²) in [5.74, 6) is 0.0641. The number of pyridine rings is 1. The van der Waals surface area contributed by atoms with E-state index in [2.05, 4.69) is 4.98 Å². The second kappa shape index (κ2) is 5.36. The summed E-state index contributed by atoms with van der Waals surface area (Å²) in [4.78, 5) is 26.4. The number of rotatable bonds is 3. The third-order valence-corrected chi connectivity index (χ3v) is 3.43. The predicted octanol–water partition coefficient (Wildman–Crippen LogP) is 3.09. The third-order valence-electron chi connectivity index (χ3n) is 3.43. The first-order chi connectivity index (χ1) is 10.1. The van der Waals surface area contributed by atoms with Crippen molar-refractivity contribution in [2.45, 2.75) is 19.3 Å². The van der Waals surface area contributed by atoms with Crippen molar-refractivity contribution in [1.29, 1.82) is 0 Å². The van der Waals surface area contributed by atoms with Gasteiger partial charge in [-0.3, -0.25) is 4.79 Å². The van der Waals surface area contributed by atoms with E-state index < -0.39 is 5.97 Å². The van der Waals surface area contributed by atoms with Crippen molar-refractivity contribution >= 4 is 11.8 Å². The van der Waals surface area contributed by atoms with Crippen molar-refractivity contribution in [1.82, 2.24) is 4.98 Å². The van der Waals surface area contributed by atoms with Crippen molar-refractivity contribution < 1.29 is 19.4 Å². The SMILES string of the molecule is O=C(O)c1ccc(Oc2ccc3c(c2)CCCC3=O)nc1. The van der Waals surface area contributed by atoms with Gasteiger partial charge in [0.15, 0.2) is 5.78 Å². The van der Waals surface area contributed by atoms with Gasteiger partial charge >= 0.3 is 5.97 Å². The van der Waals surface area contributed by atoms with E-state index in [-0.39, 0.29) is 11.3 Å². The number of carboxylic acid groups (broad SMARTS) is 1. The van der Waals surface area contributed by atoms with Crippen LogP contribution in [0.5, 0.6) is 11.6 Å². The van der Waals surface area contributed by atoms with Gasteiger partial charge in [-0.2, -0.15) is 0 Å². The predicted molar refractivity (Wildman–Crippen MR) is 75.0 cm³/mol. The molecule has 0 radical (unpaired) electrons. The Hall–Kier alpha value is -2.69. The Morgan fingerprint density at radius 3 is 2.76 bits per heavy atom. The van der Waals surface area contributed by atoms with E-state index in [1.165, 1.54) is 18.3 Å². The van der Waals surface area contributed by atoms with Gasteiger partial charge in [0.2, 0.25) is 5.88 Å². The van der Waals surface area contributed by atoms with Crippen molar-refractivity contribution in [3.05, 3.63) is 53.2 Å². The highest BCUT2D eigenvalue weighted by atomic mass is 16.5. The molecule has 3 rings (SSSR count). The number of aromatic nitrogens is 1. The Balaban J connectivity index is 1.82. The van der Waals surface area contributed by atoms with E-state index in [0.717, 1.165) is 24.0 Å². The van der Waals surface area contributed by atoms with Gasteiger partial charge < -0.3 is 9.84 Å². The maximum Gasteiger partial charge on any atom is 0.337 e. The topological polar surface area (TPSA) is 76.5 Å². The minimum absolute atomic E-state index is 0.110. The molecule has 1 aliphatic rings. The van der Waals surface area contributed by atoms with Gasteiger partial charge in [0.05, 0.1) is 5.56 Å². The van der Waals surface area contributed by atoms with E-state index >= 15 is 0 Å². The molecular formula is C16H13NO4. The van der Waals surface area contributed by atoms with Gasteiger partial charge in [-0.1, -0.05) is 0 Å². The zero-order valence-corrected chi connectivity index (χ0v) is 11.2. The van der Waals surface area contributed by atoms with Crippen LogP contribution < -0.4 is 4.74 Å². The maximum absolute atomic E-state index is 11.7. The van der Waals surface area contributed by atoms with Crippen LogP contribution >= 0.6 is 0 Å². The van der Waals surface area contributed by atoms with Crippen LogP contribution in [0.1, 0.15) is 39.1 Å². The molecule has 0 aliphatic heterocycles. The lowest BCUT2D eigenvalue weighted by Gasteiger charge is -2.15. The van der Waals surface area contributed by atoms with Gasteiger partial charge in [-0.15, -0.1) is 0 Å². The van der Waals surface area contributed by atoms with Crippen LogP contribution in [0.25, 0.3) is 0 Å². The number of hydrogen-bond acceptors (Lipinski definition) is 4. The van der Waals surface area contributed by atoms with E-state index in [1.54, 1.807) is 12.1 Å². The number of carbonyl (C=O) groups is 2. The first kappa shape index (κ1) is 13.3. The number of ether oxygens (including phenoxy) is 1. The van der Waals surface area contributed by atoms with Crippen LogP contribution in [0.4, 0.5) is 0 Å². The number of ketones is 1. The number of nitrogens with zero attached hydrogens (tertiary/aromatic N) is 1. The molecule has 21 heavy (non-hydrogen) atoms. The molecule has 0 fully saturated rings. The highest BCUT2D eigenvalue weighted by Gasteiger charge is 2.17. The number of Topliss-reactive ketones (excluding diaryl/α,β-unsaturated/α-hetero) is 1. The van der Waals surface area contributed by atoms with Gasteiger partial charge in [0, 0.05) is 24.2 Å². The lowest BCUT2D eigenvalue weighted by Crippen LogP contribution is -2.10. The number of carboxylic acids is 1. The summed E-state index contributed by atoms with van der Waals surface area (Å²) in [6.07, 6.45) is 3.58. The molecule has 5 heteroatoms. The Morgan fingerprint density at radius 2 is 2.05 bits per heavy atom. The van der Waals surface area contributed by atoms with E-state index in [4.69, 9.17) is 9.84 Å². The Labute approximate surface area is 121 Å². The Bertz CT molecular complexity index is 707. The lowest BCUT2D eigenvalue weighted by molar-refractivity contribution is 0.0696. The molecule has 0 amide bonds. The highest BCUT2D eigenvalue weighted by molar-refractivity contribution is 5.98. The average molecular weight is 283 g/mol. The molecule has 106 valence electrons. The second-order valence-corrected chi connectivity index (χ2v) is 4.89. The van der Waals surface area contributed by atoms with Crippen molar-refractivity contribution in [2.24, 2.45) is 0 Å². The molecule has 0 bridgehead atoms. The first-order valence-electron chi connectivity index (χ1n) is 6.67. The number of aryl methyl sites for hydroxylation is 1. The fraction of sp³-hybridized carbons (Fsp3) is 0.188. The van der Waals surface area contributed by atoms with E-state index in [1.807, 2.05) is 6.07 Å². The zero-order chi connectivity index (χ0) is 14.8. The largest absolute Gasteiger partial charge is 0.478 e. The average Bonchev–Trinajstić information content (AvgIpc) is 2.48. The molecule has 0 spiro atoms. The fourth-order valence-corrected chi connectivity index (χ4v) is 2.37. The van der Waals surface area contributed by atoms with Crippen LogP contribution in [-0.2, 0) is 6.42 Å². The minimum atomic E-state index is -1.03. The molecule has 1 N–H and O–H groups in total. The first-order valence-corrected chi connectivity index (χ1v) is 6.67. The summed E-state index contributed by atoms with van der Waals surface area (Å²) in [6, 6.07) is 8.30. The standard InChI is InChI=1S/C16H13NO4/c18-14-3-1-2-10-8-12(5-6-13(10)14)21-15-7-4-11(9-17-15)16(19)20/h4-9H,1-3H2,(H,19,20). The fourth-order valence-electron chi connectivity index (χ4n) is 2.37. The Morgan fingerprint density at radius 1 is 1.19 bits per heavy atom. The lowest BCUT2D eigenvalue weighted by atomic mass is 9.91. The van der Waals surface area contributed by atoms with Gasteiger partial charge in [-0.25, -0.2) is 9.78 Å². The summed E-state index contributed by atoms with van der Waals surface area (Å²) < 4.78 is 5.60. The Kier molecular flexibility index (Phi) is 3.39. The maximum atomic E-state index is 11.7. The smallest absolute Gasteiger partial charge is 0.337 e. The molecule has 0 saturated carbocycles. The molecule has 0 saturated heterocycles. The highest BCUT2D eigenvalue weighted by Crippen LogP contribution is 2.27. The van der Waals surface area contributed by atoms with Crippen molar-refractivity contribution in [3.8, 4) is 11.6 Å². The van der Waals surface area contributed by atoms with Crippen LogP contribution in [0, 0.1) is 0 Å². The molecule has 1 heterocycles. The van der Waals surface area contributed by atoms with Gasteiger partial charge in [-0.05, 0) is 42.7 Å². The molecule has 0 unspecified atom stereocenters. The van der Waals surface area contributed by atoms with E-state index in [0.29, 0.717) is 18.1 Å². The normalized spacial score (nSPS) is 13.6. The van der Waals surface area contributed by atoms with Gasteiger partial charge in [0.25, 0.3) is 0 Å². The number of fused-ring (bicyclic) bond motifs is 1. The molecule has 1 aromatic carbocycles. The van der Waals surface area contributed by atoms with Crippen LogP contribution in [0.15, 0.2) is 36.5 Å². The quantitative estimate of drug-likeness (QED) is 0.936. The summed E-state index contributed by atoms with van der Waals surface area (Å²) in [7, 11) is 0. The summed E-state index contributed by atoms with van der Waals surface area (Å²) in [5, 5.41) is 8.81. The van der Waals surface area contributed by atoms with Crippen molar-refractivity contribution in [3.63, 3.8) is 0 Å². The number of carbonyl (C=O) groups excluding carboxylic acids is 1. The summed E-state index contributed by atoms with van der Waals surface area (Å²) in [6.45, 7) is 0. The molecule has 1 aliphatic carbocycles. The minimum Gasteiger partial charge on any atom is -0.478 e. The molecule has 0 atom stereocenters. The number of benzene rings is 1. The van der Waals surface area contributed by atoms with Gasteiger partial charge in [0.1, 0.15) is 5.75 Å². The molecule has 2 aromatic rings. The molecule has 5 nitrogen and oxygen atoms in total. The molecule has 1 aromatic heterocycles. The second-order valence-electron chi connectivity index (χ2n) is 4.89. The summed E-state index contributed by atoms with van der Waals surface area (Å²) in [5.41, 5.74) is 1.87. The zero-order valence-electron chi connectivity index (χ0n) is 11.2. The monoisotopic (exact) mass is 283 g/mol. The number of aromatic carboxylic acids is 1.